The molecule has 3 rings (SSSR count). The van der Waals surface area contributed by atoms with Gasteiger partial charge in [-0.3, -0.25) is 14.3 Å². The summed E-state index contributed by atoms with van der Waals surface area (Å²) in [6, 6.07) is 8.31. The van der Waals surface area contributed by atoms with Crippen LogP contribution in [-0.2, 0) is 9.47 Å². The Kier molecular flexibility index (Phi) is 4.99. The molecule has 27 heavy (non-hydrogen) atoms. The standard InChI is InChI=1S/C19H18N2O6/c1-3-19(11-26-17(24)13-7-5-4-6-8-13)14(22)9-15(27-19)21-10-12(2)16(23)20-18(21)25/h1,4-8,10,14-15,22H,9,11H2,2H3,(H,20,23,25)/t14-,15+,19-/m1/s1. The van der Waals surface area contributed by atoms with E-state index in [0.717, 1.165) is 4.57 Å². The summed E-state index contributed by atoms with van der Waals surface area (Å²) in [6.07, 6.45) is 4.80. The van der Waals surface area contributed by atoms with Crippen molar-refractivity contribution in [1.29, 1.82) is 0 Å². The quantitative estimate of drug-likeness (QED) is 0.594. The number of hydrogen-bond donors (Lipinski definition) is 2. The van der Waals surface area contributed by atoms with Crippen LogP contribution in [0.4, 0.5) is 0 Å². The van der Waals surface area contributed by atoms with Gasteiger partial charge in [-0.1, -0.05) is 24.1 Å². The van der Waals surface area contributed by atoms with E-state index in [2.05, 4.69) is 10.9 Å². The van der Waals surface area contributed by atoms with E-state index in [1.54, 1.807) is 30.3 Å². The Morgan fingerprint density at radius 2 is 2.15 bits per heavy atom. The number of esters is 1. The number of aryl methyl sites for hydroxylation is 1. The molecule has 0 aliphatic carbocycles. The number of aromatic amines is 1. The number of H-pyrrole nitrogens is 1. The average molecular weight is 370 g/mol. The highest BCUT2D eigenvalue weighted by molar-refractivity contribution is 5.89. The third-order valence-electron chi connectivity index (χ3n) is 4.44. The van der Waals surface area contributed by atoms with Crippen LogP contribution in [0.3, 0.4) is 0 Å². The lowest BCUT2D eigenvalue weighted by molar-refractivity contribution is -0.0952. The van der Waals surface area contributed by atoms with E-state index in [1.165, 1.54) is 13.1 Å². The Morgan fingerprint density at radius 1 is 1.44 bits per heavy atom. The number of nitrogens with one attached hydrogen (secondary N) is 1. The first-order valence-electron chi connectivity index (χ1n) is 8.24. The molecule has 3 atom stereocenters. The Morgan fingerprint density at radius 3 is 2.81 bits per heavy atom. The zero-order valence-corrected chi connectivity index (χ0v) is 14.5. The third-order valence-corrected chi connectivity index (χ3v) is 4.44. The minimum absolute atomic E-state index is 0.00151. The number of aromatic nitrogens is 2. The van der Waals surface area contributed by atoms with Crippen LogP contribution < -0.4 is 11.2 Å². The summed E-state index contributed by atoms with van der Waals surface area (Å²) in [6.45, 7) is 1.15. The molecule has 1 saturated heterocycles. The monoisotopic (exact) mass is 370 g/mol. The van der Waals surface area contributed by atoms with Gasteiger partial charge in [-0.2, -0.15) is 0 Å². The second-order valence-corrected chi connectivity index (χ2v) is 6.28. The molecule has 0 saturated carbocycles. The van der Waals surface area contributed by atoms with Gasteiger partial charge in [0.25, 0.3) is 5.56 Å². The van der Waals surface area contributed by atoms with Crippen LogP contribution in [-0.4, -0.2) is 38.9 Å². The second-order valence-electron chi connectivity index (χ2n) is 6.28. The van der Waals surface area contributed by atoms with Crippen molar-refractivity contribution in [1.82, 2.24) is 9.55 Å². The fraction of sp³-hybridized carbons (Fsp3) is 0.316. The molecule has 2 N–H and O–H groups in total. The molecule has 0 amide bonds. The molecule has 1 aromatic heterocycles. The van der Waals surface area contributed by atoms with Gasteiger partial charge in [0.15, 0.2) is 5.60 Å². The van der Waals surface area contributed by atoms with Crippen LogP contribution >= 0.6 is 0 Å². The summed E-state index contributed by atoms with van der Waals surface area (Å²) in [5, 5.41) is 10.4. The van der Waals surface area contributed by atoms with Crippen molar-refractivity contribution in [3.05, 3.63) is 68.5 Å². The van der Waals surface area contributed by atoms with Gasteiger partial charge in [0.1, 0.15) is 18.9 Å². The predicted molar refractivity (Wildman–Crippen MR) is 95.1 cm³/mol. The number of aliphatic hydroxyl groups is 1. The largest absolute Gasteiger partial charge is 0.458 e. The molecule has 0 bridgehead atoms. The zero-order chi connectivity index (χ0) is 19.6. The summed E-state index contributed by atoms with van der Waals surface area (Å²) in [4.78, 5) is 37.9. The van der Waals surface area contributed by atoms with Gasteiger partial charge < -0.3 is 14.6 Å². The predicted octanol–water partition coefficient (Wildman–Crippen LogP) is 0.354. The molecule has 1 aromatic carbocycles. The molecule has 0 spiro atoms. The normalized spacial score (nSPS) is 24.3. The lowest BCUT2D eigenvalue weighted by atomic mass is 9.99. The summed E-state index contributed by atoms with van der Waals surface area (Å²) in [7, 11) is 0. The Balaban J connectivity index is 1.79. The third kappa shape index (κ3) is 3.56. The Hall–Kier alpha value is -3.15. The van der Waals surface area contributed by atoms with Crippen LogP contribution in [0.1, 0.15) is 28.6 Å². The summed E-state index contributed by atoms with van der Waals surface area (Å²) in [5.41, 5.74) is -2.15. The molecular weight excluding hydrogens is 352 g/mol. The maximum absolute atomic E-state index is 12.1. The van der Waals surface area contributed by atoms with Crippen LogP contribution in [0.15, 0.2) is 46.1 Å². The molecule has 1 aliphatic heterocycles. The number of ether oxygens (including phenoxy) is 2. The molecule has 0 unspecified atom stereocenters. The fourth-order valence-electron chi connectivity index (χ4n) is 2.85. The molecule has 8 heteroatoms. The maximum Gasteiger partial charge on any atom is 0.338 e. The van der Waals surface area contributed by atoms with Gasteiger partial charge in [0, 0.05) is 18.2 Å². The van der Waals surface area contributed by atoms with E-state index in [1.807, 2.05) is 0 Å². The minimum Gasteiger partial charge on any atom is -0.458 e. The molecule has 1 fully saturated rings. The van der Waals surface area contributed by atoms with E-state index in [9.17, 15) is 19.5 Å². The first kappa shape index (κ1) is 18.6. The lowest BCUT2D eigenvalue weighted by Gasteiger charge is -2.26. The summed E-state index contributed by atoms with van der Waals surface area (Å²) < 4.78 is 12.1. The van der Waals surface area contributed by atoms with Gasteiger partial charge >= 0.3 is 11.7 Å². The Labute approximate surface area is 154 Å². The molecule has 0 radical (unpaired) electrons. The number of nitrogens with zero attached hydrogens (tertiary/aromatic N) is 1. The van der Waals surface area contributed by atoms with Gasteiger partial charge in [0.05, 0.1) is 5.56 Å². The number of terminal acetylenes is 1. The van der Waals surface area contributed by atoms with Gasteiger partial charge in [-0.15, -0.1) is 6.42 Å². The number of hydrogen-bond acceptors (Lipinski definition) is 6. The van der Waals surface area contributed by atoms with Crippen molar-refractivity contribution in [3.63, 3.8) is 0 Å². The van der Waals surface area contributed by atoms with Crippen LogP contribution in [0.25, 0.3) is 0 Å². The van der Waals surface area contributed by atoms with Crippen molar-refractivity contribution in [3.8, 4) is 12.3 Å². The maximum atomic E-state index is 12.1. The molecular formula is C19H18N2O6. The lowest BCUT2D eigenvalue weighted by Crippen LogP contribution is -2.43. The van der Waals surface area contributed by atoms with E-state index in [4.69, 9.17) is 15.9 Å². The van der Waals surface area contributed by atoms with Crippen molar-refractivity contribution in [2.24, 2.45) is 0 Å². The van der Waals surface area contributed by atoms with E-state index < -0.39 is 35.2 Å². The van der Waals surface area contributed by atoms with Crippen LogP contribution in [0.5, 0.6) is 0 Å². The van der Waals surface area contributed by atoms with Crippen molar-refractivity contribution >= 4 is 5.97 Å². The van der Waals surface area contributed by atoms with Crippen LogP contribution in [0, 0.1) is 19.3 Å². The van der Waals surface area contributed by atoms with E-state index in [0.29, 0.717) is 11.1 Å². The number of carbonyl (C=O) groups is 1. The van der Waals surface area contributed by atoms with Crippen molar-refractivity contribution in [2.45, 2.75) is 31.3 Å². The highest BCUT2D eigenvalue weighted by Crippen LogP contribution is 2.36. The Bertz CT molecular complexity index is 1000. The first-order chi connectivity index (χ1) is 12.9. The highest BCUT2D eigenvalue weighted by atomic mass is 16.6. The fourth-order valence-corrected chi connectivity index (χ4v) is 2.85. The molecule has 2 aromatic rings. The highest BCUT2D eigenvalue weighted by Gasteiger charge is 2.49. The SMILES string of the molecule is C#C[C@]1(COC(=O)c2ccccc2)O[C@H](n2cc(C)c(=O)[nH]c2=O)C[C@H]1O. The first-order valence-corrected chi connectivity index (χ1v) is 8.24. The average Bonchev–Trinajstić information content (AvgIpc) is 3.00. The van der Waals surface area contributed by atoms with Gasteiger partial charge in [-0.05, 0) is 19.1 Å². The van der Waals surface area contributed by atoms with Crippen molar-refractivity contribution < 1.29 is 19.4 Å². The smallest absolute Gasteiger partial charge is 0.338 e. The number of aliphatic hydroxyl groups excluding tert-OH is 1. The molecule has 2 heterocycles. The topological polar surface area (TPSA) is 111 Å². The number of benzene rings is 1. The molecule has 140 valence electrons. The van der Waals surface area contributed by atoms with Crippen LogP contribution in [0.2, 0.25) is 0 Å². The van der Waals surface area contributed by atoms with Gasteiger partial charge in [0.2, 0.25) is 0 Å². The summed E-state index contributed by atoms with van der Waals surface area (Å²) in [5.74, 6) is 1.73. The van der Waals surface area contributed by atoms with Gasteiger partial charge in [-0.25, -0.2) is 9.59 Å². The molecule has 1 aliphatic rings. The minimum atomic E-state index is -1.60. The number of rotatable bonds is 4. The number of carbonyl (C=O) groups excluding carboxylic acids is 1. The van der Waals surface area contributed by atoms with E-state index >= 15 is 0 Å². The van der Waals surface area contributed by atoms with Crippen molar-refractivity contribution in [2.75, 3.05) is 6.61 Å². The second kappa shape index (κ2) is 7.23. The van der Waals surface area contributed by atoms with E-state index in [-0.39, 0.29) is 13.0 Å². The molecule has 8 nitrogen and oxygen atoms in total. The zero-order valence-electron chi connectivity index (χ0n) is 14.5. The summed E-state index contributed by atoms with van der Waals surface area (Å²) >= 11 is 0.